The van der Waals surface area contributed by atoms with Crippen molar-refractivity contribution in [3.63, 3.8) is 0 Å². The van der Waals surface area contributed by atoms with Gasteiger partial charge in [-0.2, -0.15) is 4.37 Å². The number of carbonyl (C=O) groups excluding carboxylic acids is 1. The molecule has 0 aliphatic carbocycles. The zero-order valence-corrected chi connectivity index (χ0v) is 15.7. The highest BCUT2D eigenvalue weighted by Gasteiger charge is 2.32. The van der Waals surface area contributed by atoms with Crippen LogP contribution in [-0.4, -0.2) is 32.8 Å². The van der Waals surface area contributed by atoms with E-state index >= 15 is 0 Å². The Morgan fingerprint density at radius 2 is 2.04 bits per heavy atom. The number of pyridine rings is 1. The number of nitrogens with zero attached hydrogens (tertiary/aromatic N) is 4. The van der Waals surface area contributed by atoms with Crippen molar-refractivity contribution in [3.05, 3.63) is 71.8 Å². The Bertz CT molecular complexity index is 884. The predicted molar refractivity (Wildman–Crippen MR) is 106 cm³/mol. The van der Waals surface area contributed by atoms with Gasteiger partial charge in [0.15, 0.2) is 0 Å². The lowest BCUT2D eigenvalue weighted by Crippen LogP contribution is -2.43. The summed E-state index contributed by atoms with van der Waals surface area (Å²) in [5.41, 5.74) is 2.19. The summed E-state index contributed by atoms with van der Waals surface area (Å²) in [6.07, 6.45) is 6.04. The zero-order chi connectivity index (χ0) is 18.5. The molecule has 3 aromatic rings. The molecule has 0 radical (unpaired) electrons. The molecule has 27 heavy (non-hydrogen) atoms. The van der Waals surface area contributed by atoms with E-state index < -0.39 is 0 Å². The van der Waals surface area contributed by atoms with Crippen LogP contribution in [0.2, 0.25) is 0 Å². The second kappa shape index (κ2) is 8.26. The average molecular weight is 379 g/mol. The fourth-order valence-corrected chi connectivity index (χ4v) is 4.05. The Balaban J connectivity index is 1.40. The maximum atomic E-state index is 12.7. The molecular formula is C20H21N5OS. The molecule has 3 heterocycles. The number of benzene rings is 1. The molecule has 1 N–H and O–H groups in total. The number of nitrogens with one attached hydrogen (secondary N) is 1. The Labute approximate surface area is 162 Å². The normalized spacial score (nSPS) is 16.4. The molecule has 1 aliphatic heterocycles. The summed E-state index contributed by atoms with van der Waals surface area (Å²) >= 11 is 1.38. The van der Waals surface area contributed by atoms with Crippen LogP contribution in [0.1, 0.15) is 29.8 Å². The molecule has 1 unspecified atom stereocenters. The highest BCUT2D eigenvalue weighted by Crippen LogP contribution is 2.27. The first-order valence-electron chi connectivity index (χ1n) is 9.09. The first-order chi connectivity index (χ1) is 13.3. The minimum atomic E-state index is -0.181. The summed E-state index contributed by atoms with van der Waals surface area (Å²) in [5.74, 6) is 0.846. The number of aromatic nitrogens is 3. The molecule has 138 valence electrons. The van der Waals surface area contributed by atoms with Crippen molar-refractivity contribution in [1.29, 1.82) is 0 Å². The Kier molecular flexibility index (Phi) is 5.39. The maximum absolute atomic E-state index is 12.7. The van der Waals surface area contributed by atoms with Crippen molar-refractivity contribution in [3.8, 4) is 0 Å². The van der Waals surface area contributed by atoms with Gasteiger partial charge in [0, 0.05) is 43.4 Å². The van der Waals surface area contributed by atoms with Crippen LogP contribution in [-0.2, 0) is 17.8 Å². The number of amides is 1. The lowest BCUT2D eigenvalue weighted by atomic mass is 10.1. The molecule has 2 aromatic heterocycles. The van der Waals surface area contributed by atoms with Crippen molar-refractivity contribution >= 4 is 22.6 Å². The summed E-state index contributed by atoms with van der Waals surface area (Å²) < 4.78 is 4.49. The first kappa shape index (κ1) is 17.6. The number of hydrogen-bond acceptors (Lipinski definition) is 6. The number of anilines is 1. The molecule has 1 aromatic carbocycles. The molecule has 6 nitrogen and oxygen atoms in total. The van der Waals surface area contributed by atoms with Crippen LogP contribution in [0.4, 0.5) is 5.13 Å². The van der Waals surface area contributed by atoms with Gasteiger partial charge in [-0.1, -0.05) is 36.4 Å². The van der Waals surface area contributed by atoms with Gasteiger partial charge in [-0.3, -0.25) is 9.78 Å². The smallest absolute Gasteiger partial charge is 0.243 e. The average Bonchev–Trinajstić information content (AvgIpc) is 3.37. The fraction of sp³-hybridized carbons (Fsp3) is 0.300. The number of hydrogen-bond donors (Lipinski definition) is 1. The van der Waals surface area contributed by atoms with Gasteiger partial charge in [-0.05, 0) is 30.0 Å². The molecule has 7 heteroatoms. The van der Waals surface area contributed by atoms with Crippen LogP contribution in [0.15, 0.2) is 54.9 Å². The maximum Gasteiger partial charge on any atom is 0.243 e. The third-order valence-electron chi connectivity index (χ3n) is 4.65. The molecule has 1 saturated heterocycles. The topological polar surface area (TPSA) is 71.0 Å². The highest BCUT2D eigenvalue weighted by molar-refractivity contribution is 7.09. The molecule has 0 bridgehead atoms. The van der Waals surface area contributed by atoms with Crippen molar-refractivity contribution in [2.45, 2.75) is 31.8 Å². The lowest BCUT2D eigenvalue weighted by Gasteiger charge is -2.22. The van der Waals surface area contributed by atoms with Crippen LogP contribution in [0.3, 0.4) is 0 Å². The van der Waals surface area contributed by atoms with Crippen LogP contribution < -0.4 is 10.2 Å². The largest absolute Gasteiger partial charge is 0.350 e. The molecule has 1 atom stereocenters. The van der Waals surface area contributed by atoms with Gasteiger partial charge < -0.3 is 10.2 Å². The zero-order valence-electron chi connectivity index (χ0n) is 14.9. The second-order valence-corrected chi connectivity index (χ2v) is 7.32. The third kappa shape index (κ3) is 4.31. The minimum Gasteiger partial charge on any atom is -0.350 e. The van der Waals surface area contributed by atoms with Gasteiger partial charge in [0.05, 0.1) is 0 Å². The summed E-state index contributed by atoms with van der Waals surface area (Å²) in [7, 11) is 0. The lowest BCUT2D eigenvalue weighted by molar-refractivity contribution is -0.122. The minimum absolute atomic E-state index is 0.0381. The van der Waals surface area contributed by atoms with E-state index in [0.29, 0.717) is 13.0 Å². The second-order valence-electron chi connectivity index (χ2n) is 6.59. The molecule has 1 aliphatic rings. The van der Waals surface area contributed by atoms with Crippen molar-refractivity contribution in [2.24, 2.45) is 0 Å². The summed E-state index contributed by atoms with van der Waals surface area (Å²) in [6, 6.07) is 13.8. The van der Waals surface area contributed by atoms with E-state index in [0.717, 1.165) is 35.9 Å². The van der Waals surface area contributed by atoms with Crippen LogP contribution in [0.25, 0.3) is 0 Å². The number of rotatable bonds is 6. The van der Waals surface area contributed by atoms with E-state index in [2.05, 4.69) is 36.7 Å². The summed E-state index contributed by atoms with van der Waals surface area (Å²) in [5, 5.41) is 3.86. The van der Waals surface area contributed by atoms with E-state index in [-0.39, 0.29) is 11.9 Å². The molecule has 4 rings (SSSR count). The standard InChI is InChI=1S/C20H21N5OS/c26-19(22-14-16-8-4-10-21-13-16)17-9-5-11-25(17)20-23-18(24-27-20)12-15-6-2-1-3-7-15/h1-4,6-8,10,13,17H,5,9,11-12,14H2,(H,22,26). The van der Waals surface area contributed by atoms with Crippen LogP contribution in [0, 0.1) is 0 Å². The van der Waals surface area contributed by atoms with Gasteiger partial charge >= 0.3 is 0 Å². The predicted octanol–water partition coefficient (Wildman–Crippen LogP) is 2.81. The van der Waals surface area contributed by atoms with Crippen molar-refractivity contribution in [1.82, 2.24) is 19.7 Å². The van der Waals surface area contributed by atoms with E-state index in [4.69, 9.17) is 0 Å². The Hall–Kier alpha value is -2.80. The van der Waals surface area contributed by atoms with E-state index in [1.807, 2.05) is 30.3 Å². The molecular weight excluding hydrogens is 358 g/mol. The van der Waals surface area contributed by atoms with Gasteiger partial charge in [0.25, 0.3) is 0 Å². The van der Waals surface area contributed by atoms with Gasteiger partial charge in [-0.25, -0.2) is 4.98 Å². The van der Waals surface area contributed by atoms with Crippen molar-refractivity contribution < 1.29 is 4.79 Å². The summed E-state index contributed by atoms with van der Waals surface area (Å²) in [4.78, 5) is 23.5. The number of carbonyl (C=O) groups is 1. The van der Waals surface area contributed by atoms with Crippen LogP contribution in [0.5, 0.6) is 0 Å². The molecule has 1 fully saturated rings. The fourth-order valence-electron chi connectivity index (χ4n) is 3.29. The first-order valence-corrected chi connectivity index (χ1v) is 9.87. The van der Waals surface area contributed by atoms with Gasteiger partial charge in [-0.15, -0.1) is 0 Å². The van der Waals surface area contributed by atoms with Crippen LogP contribution >= 0.6 is 11.5 Å². The monoisotopic (exact) mass is 379 g/mol. The van der Waals surface area contributed by atoms with Gasteiger partial charge in [0.1, 0.15) is 11.9 Å². The van der Waals surface area contributed by atoms with E-state index in [1.165, 1.54) is 17.1 Å². The van der Waals surface area contributed by atoms with E-state index in [9.17, 15) is 4.79 Å². The SMILES string of the molecule is O=C(NCc1cccnc1)C1CCCN1c1nc(Cc2ccccc2)ns1. The van der Waals surface area contributed by atoms with E-state index in [1.54, 1.807) is 12.4 Å². The molecule has 0 saturated carbocycles. The Morgan fingerprint density at radius 1 is 1.19 bits per heavy atom. The molecule has 1 amide bonds. The van der Waals surface area contributed by atoms with Crippen molar-refractivity contribution in [2.75, 3.05) is 11.4 Å². The highest BCUT2D eigenvalue weighted by atomic mass is 32.1. The third-order valence-corrected chi connectivity index (χ3v) is 5.44. The molecule has 0 spiro atoms. The Morgan fingerprint density at radius 3 is 2.85 bits per heavy atom. The van der Waals surface area contributed by atoms with Gasteiger partial charge in [0.2, 0.25) is 11.0 Å². The summed E-state index contributed by atoms with van der Waals surface area (Å²) in [6.45, 7) is 1.33. The quantitative estimate of drug-likeness (QED) is 0.713.